The number of carboxylic acid groups (broad SMARTS) is 1. The fourth-order valence-corrected chi connectivity index (χ4v) is 6.69. The Kier molecular flexibility index (Phi) is 4.55. The largest absolute Gasteiger partial charge is 0.480 e. The van der Waals surface area contributed by atoms with E-state index in [1.54, 1.807) is 18.2 Å². The van der Waals surface area contributed by atoms with Crippen molar-refractivity contribution in [2.45, 2.75) is 42.0 Å². The highest BCUT2D eigenvalue weighted by Gasteiger charge is 2.73. The van der Waals surface area contributed by atoms with Crippen molar-refractivity contribution < 1.29 is 22.7 Å². The molecule has 0 aromatic heterocycles. The third-order valence-electron chi connectivity index (χ3n) is 6.99. The monoisotopic (exact) mass is 451 g/mol. The van der Waals surface area contributed by atoms with E-state index in [1.165, 1.54) is 18.2 Å². The number of fused-ring (bicyclic) bond motifs is 3. The standard InChI is InChI=1S/C25H22FNO4S/c1-2-24(18-6-4-3-5-7-18)15-25(24,23(28)29)27-32(30,31)20-9-11-22-17(14-20)12-16-13-19(26)8-10-21(16)22/h3-11,13-14,27H,2,12,15H2,1H3,(H,28,29). The van der Waals surface area contributed by atoms with E-state index in [0.29, 0.717) is 12.8 Å². The summed E-state index contributed by atoms with van der Waals surface area (Å²) in [5.74, 6) is -1.52. The van der Waals surface area contributed by atoms with Crippen molar-refractivity contribution in [3.8, 4) is 11.1 Å². The lowest BCUT2D eigenvalue weighted by atomic mass is 9.88. The van der Waals surface area contributed by atoms with E-state index >= 15 is 0 Å². The van der Waals surface area contributed by atoms with Crippen LogP contribution < -0.4 is 4.72 Å². The number of carboxylic acids is 1. The van der Waals surface area contributed by atoms with Gasteiger partial charge in [0.05, 0.1) is 4.90 Å². The first kappa shape index (κ1) is 20.8. The molecule has 0 aliphatic heterocycles. The molecule has 0 amide bonds. The molecule has 0 radical (unpaired) electrons. The van der Waals surface area contributed by atoms with Crippen molar-refractivity contribution in [1.29, 1.82) is 0 Å². The van der Waals surface area contributed by atoms with Gasteiger partial charge < -0.3 is 5.11 Å². The van der Waals surface area contributed by atoms with E-state index in [1.807, 2.05) is 37.3 Å². The third-order valence-corrected chi connectivity index (χ3v) is 8.48. The van der Waals surface area contributed by atoms with Gasteiger partial charge in [0, 0.05) is 5.41 Å². The zero-order valence-corrected chi connectivity index (χ0v) is 18.2. The number of hydrogen-bond acceptors (Lipinski definition) is 3. The number of rotatable bonds is 6. The number of aliphatic carboxylic acids is 1. The summed E-state index contributed by atoms with van der Waals surface area (Å²) >= 11 is 0. The molecule has 3 aromatic rings. The van der Waals surface area contributed by atoms with Gasteiger partial charge >= 0.3 is 5.97 Å². The van der Waals surface area contributed by atoms with Crippen molar-refractivity contribution in [1.82, 2.24) is 4.72 Å². The fourth-order valence-electron chi connectivity index (χ4n) is 5.21. The topological polar surface area (TPSA) is 83.5 Å². The molecule has 1 saturated carbocycles. The number of hydrogen-bond donors (Lipinski definition) is 2. The van der Waals surface area contributed by atoms with E-state index in [2.05, 4.69) is 4.72 Å². The molecule has 0 spiro atoms. The minimum atomic E-state index is -4.11. The zero-order valence-electron chi connectivity index (χ0n) is 17.4. The quantitative estimate of drug-likeness (QED) is 0.459. The average Bonchev–Trinajstić information content (AvgIpc) is 3.30. The highest BCUT2D eigenvalue weighted by molar-refractivity contribution is 7.89. The molecule has 0 bridgehead atoms. The molecule has 2 N–H and O–H groups in total. The first-order valence-corrected chi connectivity index (χ1v) is 12.0. The molecule has 0 heterocycles. The second-order valence-electron chi connectivity index (χ2n) is 8.59. The Labute approximate surface area is 186 Å². The first-order valence-electron chi connectivity index (χ1n) is 10.5. The summed E-state index contributed by atoms with van der Waals surface area (Å²) in [6, 6.07) is 18.5. The number of carbonyl (C=O) groups is 1. The molecule has 5 nitrogen and oxygen atoms in total. The van der Waals surface area contributed by atoms with Gasteiger partial charge in [-0.15, -0.1) is 0 Å². The lowest BCUT2D eigenvalue weighted by molar-refractivity contribution is -0.140. The van der Waals surface area contributed by atoms with Gasteiger partial charge in [-0.2, -0.15) is 4.72 Å². The van der Waals surface area contributed by atoms with Crippen LogP contribution in [0.3, 0.4) is 0 Å². The lowest BCUT2D eigenvalue weighted by Gasteiger charge is -2.23. The number of nitrogens with one attached hydrogen (secondary N) is 1. The number of benzene rings is 3. The molecule has 5 rings (SSSR count). The van der Waals surface area contributed by atoms with Crippen molar-refractivity contribution in [3.63, 3.8) is 0 Å². The fraction of sp³-hybridized carbons (Fsp3) is 0.240. The highest BCUT2D eigenvalue weighted by atomic mass is 32.2. The maximum Gasteiger partial charge on any atom is 0.325 e. The Morgan fingerprint density at radius 1 is 1.03 bits per heavy atom. The first-order chi connectivity index (χ1) is 15.2. The molecule has 2 unspecified atom stereocenters. The lowest BCUT2D eigenvalue weighted by Crippen LogP contribution is -2.48. The summed E-state index contributed by atoms with van der Waals surface area (Å²) in [5.41, 5.74) is 1.73. The molecule has 164 valence electrons. The van der Waals surface area contributed by atoms with Gasteiger partial charge in [0.15, 0.2) is 0 Å². The van der Waals surface area contributed by atoms with Crippen molar-refractivity contribution in [2.75, 3.05) is 0 Å². The molecule has 3 aromatic carbocycles. The normalized spacial score (nSPS) is 23.4. The van der Waals surface area contributed by atoms with Gasteiger partial charge in [-0.05, 0) is 71.3 Å². The van der Waals surface area contributed by atoms with Crippen molar-refractivity contribution in [2.24, 2.45) is 0 Å². The number of halogens is 1. The van der Waals surface area contributed by atoms with Gasteiger partial charge in [-0.1, -0.05) is 49.4 Å². The van der Waals surface area contributed by atoms with E-state index in [4.69, 9.17) is 0 Å². The van der Waals surface area contributed by atoms with Gasteiger partial charge in [0.1, 0.15) is 11.4 Å². The van der Waals surface area contributed by atoms with E-state index in [0.717, 1.165) is 27.8 Å². The minimum Gasteiger partial charge on any atom is -0.480 e. The van der Waals surface area contributed by atoms with Crippen LogP contribution in [0.2, 0.25) is 0 Å². The summed E-state index contributed by atoms with van der Waals surface area (Å²) in [6.45, 7) is 1.87. The van der Waals surface area contributed by atoms with Crippen LogP contribution in [0.4, 0.5) is 4.39 Å². The maximum absolute atomic E-state index is 13.6. The summed E-state index contributed by atoms with van der Waals surface area (Å²) in [4.78, 5) is 12.4. The molecule has 2 aliphatic rings. The van der Waals surface area contributed by atoms with Gasteiger partial charge in [0.25, 0.3) is 0 Å². The summed E-state index contributed by atoms with van der Waals surface area (Å²) < 4.78 is 42.8. The Bertz CT molecular complexity index is 1360. The number of sulfonamides is 1. The Balaban J connectivity index is 1.50. The molecule has 2 aliphatic carbocycles. The smallest absolute Gasteiger partial charge is 0.325 e. The Morgan fingerprint density at radius 2 is 1.69 bits per heavy atom. The molecular formula is C25H22FNO4S. The highest BCUT2D eigenvalue weighted by Crippen LogP contribution is 2.60. The molecule has 7 heteroatoms. The predicted molar refractivity (Wildman–Crippen MR) is 118 cm³/mol. The SMILES string of the molecule is CCC1(c2ccccc2)CC1(NS(=O)(=O)c1ccc2c(c1)Cc1cc(F)ccc1-2)C(=O)O. The zero-order chi connectivity index (χ0) is 22.7. The van der Waals surface area contributed by atoms with E-state index in [9.17, 15) is 22.7 Å². The van der Waals surface area contributed by atoms with E-state index < -0.39 is 26.9 Å². The molecule has 2 atom stereocenters. The van der Waals surface area contributed by atoms with Crippen molar-refractivity contribution >= 4 is 16.0 Å². The van der Waals surface area contributed by atoms with Crippen LogP contribution in [0.25, 0.3) is 11.1 Å². The maximum atomic E-state index is 13.6. The Morgan fingerprint density at radius 3 is 2.34 bits per heavy atom. The molecule has 1 fully saturated rings. The van der Waals surface area contributed by atoms with Gasteiger partial charge in [0.2, 0.25) is 10.0 Å². The minimum absolute atomic E-state index is 0.00937. The summed E-state index contributed by atoms with van der Waals surface area (Å²) in [7, 11) is -4.11. The average molecular weight is 452 g/mol. The van der Waals surface area contributed by atoms with Gasteiger partial charge in [-0.25, -0.2) is 12.8 Å². The predicted octanol–water partition coefficient (Wildman–Crippen LogP) is 4.25. The van der Waals surface area contributed by atoms with E-state index in [-0.39, 0.29) is 17.1 Å². The van der Waals surface area contributed by atoms with Crippen LogP contribution in [-0.4, -0.2) is 25.0 Å². The molecule has 32 heavy (non-hydrogen) atoms. The second kappa shape index (κ2) is 6.98. The summed E-state index contributed by atoms with van der Waals surface area (Å²) in [5, 5.41) is 10.1. The van der Waals surface area contributed by atoms with Crippen LogP contribution in [0.1, 0.15) is 36.5 Å². The van der Waals surface area contributed by atoms with Crippen LogP contribution in [0.15, 0.2) is 71.6 Å². The van der Waals surface area contributed by atoms with Gasteiger partial charge in [-0.3, -0.25) is 4.79 Å². The van der Waals surface area contributed by atoms with Crippen LogP contribution in [-0.2, 0) is 26.7 Å². The summed E-state index contributed by atoms with van der Waals surface area (Å²) in [6.07, 6.45) is 1.10. The molecular weight excluding hydrogens is 429 g/mol. The van der Waals surface area contributed by atoms with Crippen molar-refractivity contribution in [3.05, 3.63) is 89.2 Å². The van der Waals surface area contributed by atoms with Crippen LogP contribution in [0, 0.1) is 5.82 Å². The van der Waals surface area contributed by atoms with Crippen LogP contribution >= 0.6 is 0 Å². The second-order valence-corrected chi connectivity index (χ2v) is 10.3. The van der Waals surface area contributed by atoms with Crippen LogP contribution in [0.5, 0.6) is 0 Å². The Hall–Kier alpha value is -3.03. The third kappa shape index (κ3) is 2.92. The molecule has 0 saturated heterocycles.